The van der Waals surface area contributed by atoms with Crippen LogP contribution in [0.15, 0.2) is 21.9 Å². The van der Waals surface area contributed by atoms with Gasteiger partial charge in [-0.3, -0.25) is 14.3 Å². The third-order valence-corrected chi connectivity index (χ3v) is 2.87. The Labute approximate surface area is 101 Å². The Morgan fingerprint density at radius 3 is 2.83 bits per heavy atom. The second kappa shape index (κ2) is 5.02. The van der Waals surface area contributed by atoms with Gasteiger partial charge in [0.05, 0.1) is 0 Å². The molecule has 1 aromatic rings. The lowest BCUT2D eigenvalue weighted by Crippen LogP contribution is -2.38. The quantitative estimate of drug-likeness (QED) is 0.666. The molecule has 99 valence electrons. The van der Waals surface area contributed by atoms with E-state index in [1.165, 1.54) is 13.3 Å². The molecule has 4 atom stereocenters. The minimum Gasteiger partial charge on any atom is -0.387 e. The van der Waals surface area contributed by atoms with Crippen LogP contribution in [0.1, 0.15) is 6.23 Å². The first-order valence-corrected chi connectivity index (χ1v) is 5.34. The van der Waals surface area contributed by atoms with Crippen LogP contribution in [-0.2, 0) is 14.6 Å². The first-order chi connectivity index (χ1) is 8.58. The smallest absolute Gasteiger partial charge is 0.330 e. The zero-order chi connectivity index (χ0) is 13.3. The topological polar surface area (TPSA) is 113 Å². The molecule has 8 nitrogen and oxygen atoms in total. The summed E-state index contributed by atoms with van der Waals surface area (Å²) in [6.45, 7) is -0.643. The minimum absolute atomic E-state index is 0.538. The summed E-state index contributed by atoms with van der Waals surface area (Å²) in [7, 11) is 1.34. The second-order valence-electron chi connectivity index (χ2n) is 3.94. The number of methoxy groups -OCH3 is 1. The van der Waals surface area contributed by atoms with E-state index < -0.39 is 42.4 Å². The van der Waals surface area contributed by atoms with Crippen LogP contribution in [0.4, 0.5) is 0 Å². The van der Waals surface area contributed by atoms with Gasteiger partial charge in [-0.2, -0.15) is 0 Å². The standard InChI is InChI=1S/C10H13N2O6/c1-17-8-7(15)5(4-13)18-9(8)12-3-2-6(14)11-10(12)16/h2-3,5,7-9,15H,4H2,1H3,(H,11,14,16)/t5-,7-,8-,9-/m1/s1. The van der Waals surface area contributed by atoms with Crippen LogP contribution in [0.25, 0.3) is 0 Å². The maximum absolute atomic E-state index is 11.6. The van der Waals surface area contributed by atoms with Crippen LogP contribution in [0.2, 0.25) is 0 Å². The molecule has 0 aliphatic carbocycles. The number of ether oxygens (including phenoxy) is 2. The molecule has 2 heterocycles. The SMILES string of the molecule is CO[C@@H]1[C@H](O)[C@@H](C[O])O[C@H]1n1ccc(=O)[nH]c1=O. The maximum atomic E-state index is 11.6. The van der Waals surface area contributed by atoms with Crippen LogP contribution in [0, 0.1) is 0 Å². The molecule has 0 unspecified atom stereocenters. The molecule has 2 rings (SSSR count). The molecule has 1 aliphatic rings. The molecule has 2 N–H and O–H groups in total. The number of hydrogen-bond donors (Lipinski definition) is 2. The zero-order valence-corrected chi connectivity index (χ0v) is 9.61. The highest BCUT2D eigenvalue weighted by Gasteiger charge is 2.45. The summed E-state index contributed by atoms with van der Waals surface area (Å²) in [6, 6.07) is 1.15. The summed E-state index contributed by atoms with van der Waals surface area (Å²) < 4.78 is 11.4. The number of aromatic amines is 1. The number of aliphatic hydroxyl groups excluding tert-OH is 1. The van der Waals surface area contributed by atoms with Gasteiger partial charge < -0.3 is 14.6 Å². The van der Waals surface area contributed by atoms with Crippen molar-refractivity contribution in [3.8, 4) is 0 Å². The molecule has 0 bridgehead atoms. The first kappa shape index (κ1) is 13.0. The normalized spacial score (nSPS) is 31.7. The second-order valence-corrected chi connectivity index (χ2v) is 3.94. The Bertz CT molecular complexity index is 524. The van der Waals surface area contributed by atoms with Gasteiger partial charge in [-0.1, -0.05) is 0 Å². The molecular weight excluding hydrogens is 244 g/mol. The lowest BCUT2D eigenvalue weighted by atomic mass is 10.1. The molecule has 1 radical (unpaired) electrons. The van der Waals surface area contributed by atoms with Crippen molar-refractivity contribution >= 4 is 0 Å². The van der Waals surface area contributed by atoms with Crippen molar-refractivity contribution in [1.29, 1.82) is 0 Å². The molecule has 1 aromatic heterocycles. The van der Waals surface area contributed by atoms with E-state index in [4.69, 9.17) is 9.47 Å². The highest BCUT2D eigenvalue weighted by molar-refractivity contribution is 4.93. The van der Waals surface area contributed by atoms with E-state index in [-0.39, 0.29) is 0 Å². The number of nitrogens with zero attached hydrogens (tertiary/aromatic N) is 1. The summed E-state index contributed by atoms with van der Waals surface area (Å²) in [6.07, 6.45) is -2.60. The summed E-state index contributed by atoms with van der Waals surface area (Å²) in [5.41, 5.74) is -1.22. The summed E-state index contributed by atoms with van der Waals surface area (Å²) >= 11 is 0. The summed E-state index contributed by atoms with van der Waals surface area (Å²) in [5, 5.41) is 20.6. The molecule has 18 heavy (non-hydrogen) atoms. The van der Waals surface area contributed by atoms with Gasteiger partial charge >= 0.3 is 5.69 Å². The van der Waals surface area contributed by atoms with Crippen molar-refractivity contribution in [2.24, 2.45) is 0 Å². The van der Waals surface area contributed by atoms with Gasteiger partial charge in [-0.25, -0.2) is 9.90 Å². The first-order valence-electron chi connectivity index (χ1n) is 5.34. The summed E-state index contributed by atoms with van der Waals surface area (Å²) in [5.74, 6) is 0. The Morgan fingerprint density at radius 1 is 1.56 bits per heavy atom. The molecule has 0 spiro atoms. The largest absolute Gasteiger partial charge is 0.387 e. The molecule has 1 saturated heterocycles. The Balaban J connectivity index is 2.38. The van der Waals surface area contributed by atoms with Gasteiger partial charge in [-0.05, 0) is 0 Å². The average Bonchev–Trinajstić information content (AvgIpc) is 2.65. The van der Waals surface area contributed by atoms with Gasteiger partial charge in [0.25, 0.3) is 5.56 Å². The van der Waals surface area contributed by atoms with E-state index in [9.17, 15) is 19.8 Å². The van der Waals surface area contributed by atoms with Crippen molar-refractivity contribution in [1.82, 2.24) is 9.55 Å². The predicted molar refractivity (Wildman–Crippen MR) is 57.6 cm³/mol. The van der Waals surface area contributed by atoms with E-state index in [2.05, 4.69) is 4.98 Å². The van der Waals surface area contributed by atoms with E-state index >= 15 is 0 Å². The predicted octanol–water partition coefficient (Wildman–Crippen LogP) is -1.76. The van der Waals surface area contributed by atoms with E-state index in [0.717, 1.165) is 10.6 Å². The van der Waals surface area contributed by atoms with Gasteiger partial charge in [0.2, 0.25) is 0 Å². The monoisotopic (exact) mass is 257 g/mol. The lowest BCUT2D eigenvalue weighted by Gasteiger charge is -2.19. The number of rotatable bonds is 3. The van der Waals surface area contributed by atoms with Crippen molar-refractivity contribution in [3.05, 3.63) is 33.1 Å². The Kier molecular flexibility index (Phi) is 3.62. The number of aromatic nitrogens is 2. The third-order valence-electron chi connectivity index (χ3n) is 2.87. The van der Waals surface area contributed by atoms with Gasteiger partial charge in [-0.15, -0.1) is 0 Å². The molecule has 1 aliphatic heterocycles. The van der Waals surface area contributed by atoms with E-state index in [0.29, 0.717) is 0 Å². The number of aliphatic hydroxyl groups is 1. The lowest BCUT2D eigenvalue weighted by molar-refractivity contribution is -0.0700. The minimum atomic E-state index is -1.11. The maximum Gasteiger partial charge on any atom is 0.330 e. The number of H-pyrrole nitrogens is 1. The van der Waals surface area contributed by atoms with Crippen molar-refractivity contribution < 1.29 is 19.7 Å². The Hall–Kier alpha value is -1.48. The van der Waals surface area contributed by atoms with Gasteiger partial charge in [0, 0.05) is 19.4 Å². The third kappa shape index (κ3) is 2.10. The molecular formula is C10H13N2O6. The van der Waals surface area contributed by atoms with E-state index in [1.54, 1.807) is 0 Å². The molecule has 0 amide bonds. The van der Waals surface area contributed by atoms with Crippen LogP contribution in [-0.4, -0.2) is 46.7 Å². The van der Waals surface area contributed by atoms with Crippen LogP contribution in [0.3, 0.4) is 0 Å². The van der Waals surface area contributed by atoms with Crippen molar-refractivity contribution in [3.63, 3.8) is 0 Å². The molecule has 0 saturated carbocycles. The fourth-order valence-electron chi connectivity index (χ4n) is 1.96. The van der Waals surface area contributed by atoms with Crippen LogP contribution in [0.5, 0.6) is 0 Å². The molecule has 1 fully saturated rings. The highest BCUT2D eigenvalue weighted by atomic mass is 16.6. The van der Waals surface area contributed by atoms with Crippen LogP contribution < -0.4 is 11.2 Å². The van der Waals surface area contributed by atoms with Gasteiger partial charge in [0.1, 0.15) is 24.9 Å². The summed E-state index contributed by atoms with van der Waals surface area (Å²) in [4.78, 5) is 24.6. The van der Waals surface area contributed by atoms with Crippen molar-refractivity contribution in [2.45, 2.75) is 24.5 Å². The fourth-order valence-corrected chi connectivity index (χ4v) is 1.96. The van der Waals surface area contributed by atoms with Gasteiger partial charge in [0.15, 0.2) is 6.23 Å². The number of hydrogen-bond acceptors (Lipinski definition) is 5. The average molecular weight is 257 g/mol. The van der Waals surface area contributed by atoms with Crippen molar-refractivity contribution in [2.75, 3.05) is 13.7 Å². The Morgan fingerprint density at radius 2 is 2.28 bits per heavy atom. The molecule has 8 heteroatoms. The molecule has 0 aromatic carbocycles. The highest BCUT2D eigenvalue weighted by Crippen LogP contribution is 2.29. The van der Waals surface area contributed by atoms with Crippen LogP contribution >= 0.6 is 0 Å². The fraction of sp³-hybridized carbons (Fsp3) is 0.600. The zero-order valence-electron chi connectivity index (χ0n) is 9.61. The number of nitrogens with one attached hydrogen (secondary N) is 1. The van der Waals surface area contributed by atoms with E-state index in [1.807, 2.05) is 0 Å².